The Kier molecular flexibility index (Phi) is 5.85. The van der Waals surface area contributed by atoms with E-state index in [2.05, 4.69) is 4.98 Å². The summed E-state index contributed by atoms with van der Waals surface area (Å²) in [5.74, 6) is 0.476. The molecule has 110 valence electrons. The van der Waals surface area contributed by atoms with Gasteiger partial charge in [0.15, 0.2) is 0 Å². The van der Waals surface area contributed by atoms with Gasteiger partial charge in [-0.05, 0) is 30.7 Å². The molecule has 0 aliphatic heterocycles. The third-order valence-corrected chi connectivity index (χ3v) is 3.01. The van der Waals surface area contributed by atoms with Crippen LogP contribution < -0.4 is 10.5 Å². The van der Waals surface area contributed by atoms with E-state index in [4.69, 9.17) is 15.2 Å². The van der Waals surface area contributed by atoms with Crippen molar-refractivity contribution >= 4 is 29.3 Å². The van der Waals surface area contributed by atoms with Crippen molar-refractivity contribution in [2.75, 3.05) is 13.7 Å². The van der Waals surface area contributed by atoms with Crippen LogP contribution in [0.15, 0.2) is 24.4 Å². The molecule has 0 amide bonds. The fourth-order valence-corrected chi connectivity index (χ4v) is 2.06. The predicted molar refractivity (Wildman–Crippen MR) is 80.3 cm³/mol. The fourth-order valence-electron chi connectivity index (χ4n) is 2.06. The molecule has 1 aromatic carbocycles. The lowest BCUT2D eigenvalue weighted by molar-refractivity contribution is -0.143. The number of benzene rings is 1. The van der Waals surface area contributed by atoms with Gasteiger partial charge in [0, 0.05) is 23.1 Å². The predicted octanol–water partition coefficient (Wildman–Crippen LogP) is 2.55. The first-order valence-electron chi connectivity index (χ1n) is 6.22. The molecule has 3 N–H and O–H groups in total. The van der Waals surface area contributed by atoms with Crippen LogP contribution >= 0.6 is 12.4 Å². The van der Waals surface area contributed by atoms with E-state index in [1.54, 1.807) is 14.0 Å². The van der Waals surface area contributed by atoms with Crippen molar-refractivity contribution in [1.29, 1.82) is 0 Å². The zero-order valence-electron chi connectivity index (χ0n) is 11.5. The molecule has 0 aliphatic carbocycles. The maximum Gasteiger partial charge on any atom is 0.307 e. The Morgan fingerprint density at radius 3 is 2.85 bits per heavy atom. The number of ether oxygens (including phenoxy) is 2. The fraction of sp³-hybridized carbons (Fsp3) is 0.357. The molecule has 0 bridgehead atoms. The number of methoxy groups -OCH3 is 1. The Morgan fingerprint density at radius 2 is 2.20 bits per heavy atom. The SMILES string of the molecule is CCOC(=O)C[C@@H](N)c1c[nH]c2ccc(OC)cc12.Cl. The highest BCUT2D eigenvalue weighted by Crippen LogP contribution is 2.28. The number of fused-ring (bicyclic) bond motifs is 1. The van der Waals surface area contributed by atoms with E-state index < -0.39 is 0 Å². The van der Waals surface area contributed by atoms with Gasteiger partial charge in [0.1, 0.15) is 5.75 Å². The van der Waals surface area contributed by atoms with E-state index in [-0.39, 0.29) is 30.8 Å². The molecular formula is C14H19ClN2O3. The average molecular weight is 299 g/mol. The Morgan fingerprint density at radius 1 is 1.45 bits per heavy atom. The number of esters is 1. The van der Waals surface area contributed by atoms with Gasteiger partial charge < -0.3 is 20.2 Å². The van der Waals surface area contributed by atoms with Crippen LogP contribution in [0.3, 0.4) is 0 Å². The highest BCUT2D eigenvalue weighted by Gasteiger charge is 2.16. The minimum atomic E-state index is -0.389. The third kappa shape index (κ3) is 3.43. The Labute approximate surface area is 123 Å². The van der Waals surface area contributed by atoms with E-state index in [0.29, 0.717) is 6.61 Å². The Hall–Kier alpha value is -1.72. The van der Waals surface area contributed by atoms with Crippen molar-refractivity contribution in [2.45, 2.75) is 19.4 Å². The molecule has 0 aliphatic rings. The summed E-state index contributed by atoms with van der Waals surface area (Å²) in [5.41, 5.74) is 7.92. The Bertz CT molecular complexity index is 583. The van der Waals surface area contributed by atoms with Crippen LogP contribution in [-0.4, -0.2) is 24.7 Å². The zero-order valence-corrected chi connectivity index (χ0v) is 12.3. The molecule has 0 saturated heterocycles. The molecule has 2 aromatic rings. The molecule has 0 fully saturated rings. The summed E-state index contributed by atoms with van der Waals surface area (Å²) in [5, 5.41) is 0.969. The molecule has 2 rings (SSSR count). The molecule has 0 saturated carbocycles. The number of hydrogen-bond donors (Lipinski definition) is 2. The summed E-state index contributed by atoms with van der Waals surface area (Å²) in [7, 11) is 1.62. The number of halogens is 1. The van der Waals surface area contributed by atoms with Gasteiger partial charge >= 0.3 is 5.97 Å². The van der Waals surface area contributed by atoms with E-state index in [0.717, 1.165) is 22.2 Å². The van der Waals surface area contributed by atoms with E-state index in [9.17, 15) is 4.79 Å². The first kappa shape index (κ1) is 16.3. The van der Waals surface area contributed by atoms with Crippen LogP contribution in [0.4, 0.5) is 0 Å². The van der Waals surface area contributed by atoms with Gasteiger partial charge in [-0.2, -0.15) is 0 Å². The number of rotatable bonds is 5. The maximum absolute atomic E-state index is 11.5. The average Bonchev–Trinajstić information content (AvgIpc) is 2.81. The summed E-state index contributed by atoms with van der Waals surface area (Å²) in [4.78, 5) is 14.6. The summed E-state index contributed by atoms with van der Waals surface area (Å²) in [6, 6.07) is 5.32. The third-order valence-electron chi connectivity index (χ3n) is 3.01. The van der Waals surface area contributed by atoms with Crippen LogP contribution in [-0.2, 0) is 9.53 Å². The van der Waals surface area contributed by atoms with Crippen LogP contribution in [0.2, 0.25) is 0 Å². The van der Waals surface area contributed by atoms with Crippen molar-refractivity contribution in [3.63, 3.8) is 0 Å². The smallest absolute Gasteiger partial charge is 0.307 e. The molecule has 5 nitrogen and oxygen atoms in total. The highest BCUT2D eigenvalue weighted by atomic mass is 35.5. The maximum atomic E-state index is 11.5. The number of nitrogens with two attached hydrogens (primary N) is 1. The van der Waals surface area contributed by atoms with Crippen molar-refractivity contribution in [3.05, 3.63) is 30.0 Å². The van der Waals surface area contributed by atoms with Crippen molar-refractivity contribution < 1.29 is 14.3 Å². The van der Waals surface area contributed by atoms with Gasteiger partial charge in [-0.25, -0.2) is 0 Å². The largest absolute Gasteiger partial charge is 0.497 e. The van der Waals surface area contributed by atoms with Crippen LogP contribution in [0.1, 0.15) is 24.9 Å². The molecule has 0 unspecified atom stereocenters. The standard InChI is InChI=1S/C14H18N2O3.ClH/c1-3-19-14(17)7-12(15)11-8-16-13-5-4-9(18-2)6-10(11)13;/h4-6,8,12,16H,3,7,15H2,1-2H3;1H/t12-;/m1./s1. The van der Waals surface area contributed by atoms with E-state index in [1.165, 1.54) is 0 Å². The lowest BCUT2D eigenvalue weighted by atomic mass is 10.0. The number of aromatic nitrogens is 1. The first-order valence-corrected chi connectivity index (χ1v) is 6.22. The quantitative estimate of drug-likeness (QED) is 0.832. The molecule has 6 heteroatoms. The first-order chi connectivity index (χ1) is 9.15. The van der Waals surface area contributed by atoms with Gasteiger partial charge in [-0.15, -0.1) is 12.4 Å². The van der Waals surface area contributed by atoms with Gasteiger partial charge in [-0.1, -0.05) is 0 Å². The van der Waals surface area contributed by atoms with Gasteiger partial charge in [0.05, 0.1) is 20.1 Å². The summed E-state index contributed by atoms with van der Waals surface area (Å²) in [6.45, 7) is 2.15. The van der Waals surface area contributed by atoms with Crippen LogP contribution in [0.25, 0.3) is 10.9 Å². The lowest BCUT2D eigenvalue weighted by Gasteiger charge is -2.10. The number of carbonyl (C=O) groups excluding carboxylic acids is 1. The molecule has 20 heavy (non-hydrogen) atoms. The molecule has 1 atom stereocenters. The number of aromatic amines is 1. The monoisotopic (exact) mass is 298 g/mol. The van der Waals surface area contributed by atoms with E-state index in [1.807, 2.05) is 24.4 Å². The minimum absolute atomic E-state index is 0. The summed E-state index contributed by atoms with van der Waals surface area (Å²) in [6.07, 6.45) is 1.99. The van der Waals surface area contributed by atoms with Crippen LogP contribution in [0.5, 0.6) is 5.75 Å². The lowest BCUT2D eigenvalue weighted by Crippen LogP contribution is -2.16. The summed E-state index contributed by atoms with van der Waals surface area (Å²) < 4.78 is 10.1. The zero-order chi connectivity index (χ0) is 13.8. The van der Waals surface area contributed by atoms with Crippen molar-refractivity contribution in [3.8, 4) is 5.75 Å². The Balaban J connectivity index is 0.00000200. The minimum Gasteiger partial charge on any atom is -0.497 e. The second-order valence-corrected chi connectivity index (χ2v) is 4.27. The van der Waals surface area contributed by atoms with Gasteiger partial charge in [0.25, 0.3) is 0 Å². The number of carbonyl (C=O) groups is 1. The molecule has 1 aromatic heterocycles. The molecule has 1 heterocycles. The summed E-state index contributed by atoms with van der Waals surface area (Å²) >= 11 is 0. The topological polar surface area (TPSA) is 77.3 Å². The molecular weight excluding hydrogens is 280 g/mol. The van der Waals surface area contributed by atoms with Crippen molar-refractivity contribution in [2.24, 2.45) is 5.73 Å². The van der Waals surface area contributed by atoms with Gasteiger partial charge in [0.2, 0.25) is 0 Å². The van der Waals surface area contributed by atoms with Gasteiger partial charge in [-0.3, -0.25) is 4.79 Å². The van der Waals surface area contributed by atoms with E-state index >= 15 is 0 Å². The van der Waals surface area contributed by atoms with Crippen LogP contribution in [0, 0.1) is 0 Å². The normalized spacial score (nSPS) is 11.8. The molecule has 0 spiro atoms. The highest BCUT2D eigenvalue weighted by molar-refractivity contribution is 5.86. The number of nitrogens with one attached hydrogen (secondary N) is 1. The number of H-pyrrole nitrogens is 1. The number of hydrogen-bond acceptors (Lipinski definition) is 4. The van der Waals surface area contributed by atoms with Crippen molar-refractivity contribution in [1.82, 2.24) is 4.98 Å². The molecule has 0 radical (unpaired) electrons. The second kappa shape index (κ2) is 7.17. The second-order valence-electron chi connectivity index (χ2n) is 4.27.